The molecule has 43 heavy (non-hydrogen) atoms. The molecule has 0 saturated carbocycles. The zero-order valence-electron chi connectivity index (χ0n) is 23.2. The van der Waals surface area contributed by atoms with Crippen molar-refractivity contribution < 1.29 is 30.0 Å². The molecule has 0 atom stereocenters. The number of imidazole rings is 1. The van der Waals surface area contributed by atoms with Crippen LogP contribution >= 0.6 is 34.8 Å². The smallest absolute Gasteiger partial charge is 0.269 e. The number of carbonyl (C=O) groups is 1. The molecule has 0 bridgehead atoms. The molecule has 17 nitrogen and oxygen atoms in total. The van der Waals surface area contributed by atoms with Crippen LogP contribution in [0.1, 0.15) is 23.3 Å². The van der Waals surface area contributed by atoms with Gasteiger partial charge in [0, 0.05) is 14.1 Å². The number of halogens is 3. The van der Waals surface area contributed by atoms with E-state index in [1.807, 2.05) is 12.1 Å². The number of nitrogens with zero attached hydrogens (tertiary/aromatic N) is 7. The van der Waals surface area contributed by atoms with Crippen LogP contribution in [0.25, 0.3) is 0 Å². The van der Waals surface area contributed by atoms with Crippen molar-refractivity contribution in [3.8, 4) is 0 Å². The number of H-pyrrole nitrogens is 1. The number of hydrogen-bond acceptors (Lipinski definition) is 14. The average Bonchev–Trinajstić information content (AvgIpc) is 3.35. The Kier molecular flexibility index (Phi) is 16.2. The zero-order chi connectivity index (χ0) is 32.6. The fourth-order valence-corrected chi connectivity index (χ4v) is 3.75. The maximum Gasteiger partial charge on any atom is 0.269 e. The zero-order valence-corrected chi connectivity index (χ0v) is 27.1. The number of primary amides is 1. The highest BCUT2D eigenvalue weighted by molar-refractivity contribution is 7.86. The lowest BCUT2D eigenvalue weighted by atomic mass is 10.3. The summed E-state index contributed by atoms with van der Waals surface area (Å²) in [5.41, 5.74) is 5.87. The Labute approximate surface area is 263 Å². The number of anilines is 2. The molecule has 0 spiro atoms. The molecule has 4 N–H and O–H groups in total. The first kappa shape index (κ1) is 37.8. The predicted molar refractivity (Wildman–Crippen MR) is 161 cm³/mol. The largest absolute Gasteiger partial charge is 0.364 e. The van der Waals surface area contributed by atoms with Crippen molar-refractivity contribution in [3.05, 3.63) is 51.9 Å². The van der Waals surface area contributed by atoms with E-state index in [1.54, 1.807) is 26.2 Å². The Hall–Kier alpha value is -3.20. The Balaban J connectivity index is 0.000000325. The van der Waals surface area contributed by atoms with Crippen LogP contribution in [-0.2, 0) is 28.6 Å². The van der Waals surface area contributed by atoms with Gasteiger partial charge in [-0.05, 0) is 48.2 Å². The van der Waals surface area contributed by atoms with Crippen LogP contribution in [-0.4, -0.2) is 92.5 Å². The molecule has 0 radical (unpaired) electrons. The Morgan fingerprint density at radius 3 is 1.98 bits per heavy atom. The summed E-state index contributed by atoms with van der Waals surface area (Å²) in [5.74, 6) is -0.162. The molecule has 0 unspecified atom stereocenters. The Bertz CT molecular complexity index is 1520. The predicted octanol–water partition coefficient (Wildman–Crippen LogP) is 3.36. The molecule has 22 heteroatoms. The minimum atomic E-state index is -3.40. The minimum Gasteiger partial charge on any atom is -0.364 e. The van der Waals surface area contributed by atoms with E-state index in [2.05, 4.69) is 48.9 Å². The Morgan fingerprint density at radius 2 is 1.51 bits per heavy atom. The molecule has 1 amide bonds. The summed E-state index contributed by atoms with van der Waals surface area (Å²) in [7, 11) is -3.38. The van der Waals surface area contributed by atoms with Crippen LogP contribution in [0.4, 0.5) is 17.5 Å². The first-order valence-electron chi connectivity index (χ1n) is 11.7. The number of amides is 1. The fourth-order valence-electron chi connectivity index (χ4n) is 2.37. The summed E-state index contributed by atoms with van der Waals surface area (Å²) < 4.78 is 50.8. The van der Waals surface area contributed by atoms with Crippen LogP contribution in [0, 0.1) is 0 Å². The highest BCUT2D eigenvalue weighted by Gasteiger charge is 2.10. The first-order chi connectivity index (χ1) is 20.0. The van der Waals surface area contributed by atoms with E-state index >= 15 is 0 Å². The van der Waals surface area contributed by atoms with Crippen LogP contribution in [0.2, 0.25) is 15.6 Å². The topological polar surface area (TPSA) is 237 Å². The van der Waals surface area contributed by atoms with Gasteiger partial charge in [0.2, 0.25) is 22.3 Å². The van der Waals surface area contributed by atoms with Gasteiger partial charge in [-0.15, -0.1) is 5.11 Å². The van der Waals surface area contributed by atoms with E-state index in [0.29, 0.717) is 23.6 Å². The standard InChI is InChI=1S/C9H5Cl3N4.C6H10N6O.C6H14O6S2/c10-5-3-1-2-4-6(5)13-9-15-7(11)14-8(12)16-9;1-12(2)11-10-6-4(5(7)13)8-3-9-6;1-13(7,8)11-5-3-4-6-12-14(2,9)10/h1-4H,(H,13,14,15,16);3H,1-2H3,(H2,7,13)(H,8,9);3-6H2,1-2H3. The van der Waals surface area contributed by atoms with Gasteiger partial charge < -0.3 is 16.0 Å². The minimum absolute atomic E-state index is 0.0227. The molecule has 238 valence electrons. The molecule has 2 heterocycles. The molecular weight excluding hydrogens is 675 g/mol. The van der Waals surface area contributed by atoms with Gasteiger partial charge in [-0.25, -0.2) is 4.98 Å². The van der Waals surface area contributed by atoms with Gasteiger partial charge in [-0.3, -0.25) is 18.2 Å². The summed E-state index contributed by atoms with van der Waals surface area (Å²) in [6, 6.07) is 7.18. The quantitative estimate of drug-likeness (QED) is 0.106. The number of unbranched alkanes of at least 4 members (excludes halogenated alkanes) is 1. The van der Waals surface area contributed by atoms with Crippen molar-refractivity contribution in [1.82, 2.24) is 29.9 Å². The molecule has 3 aromatic rings. The van der Waals surface area contributed by atoms with Gasteiger partial charge in [0.05, 0.1) is 42.8 Å². The van der Waals surface area contributed by atoms with E-state index in [0.717, 1.165) is 12.5 Å². The van der Waals surface area contributed by atoms with Gasteiger partial charge in [0.1, 0.15) is 0 Å². The number of hydrogen-bond donors (Lipinski definition) is 3. The van der Waals surface area contributed by atoms with Crippen molar-refractivity contribution in [2.75, 3.05) is 45.1 Å². The van der Waals surface area contributed by atoms with Gasteiger partial charge >= 0.3 is 0 Å². The molecule has 3 rings (SSSR count). The average molecular weight is 704 g/mol. The molecule has 2 aromatic heterocycles. The second-order valence-electron chi connectivity index (χ2n) is 8.06. The third-order valence-corrected chi connectivity index (χ3v) is 5.88. The number of benzene rings is 1. The fraction of sp³-hybridized carbons (Fsp3) is 0.381. The van der Waals surface area contributed by atoms with Crippen molar-refractivity contribution in [2.24, 2.45) is 16.1 Å². The van der Waals surface area contributed by atoms with Crippen molar-refractivity contribution in [3.63, 3.8) is 0 Å². The molecule has 0 fully saturated rings. The molecule has 1 aromatic carbocycles. The number of nitrogens with two attached hydrogens (primary N) is 1. The SMILES string of the molecule is CN(C)N=Nc1nc[nH]c1C(N)=O.CS(=O)(=O)OCCCCOS(C)(=O)=O.Clc1nc(Cl)nc(Nc2ccccc2Cl)n1. The van der Waals surface area contributed by atoms with Gasteiger partial charge in [-0.2, -0.15) is 31.8 Å². The van der Waals surface area contributed by atoms with E-state index in [9.17, 15) is 21.6 Å². The molecule has 0 aliphatic rings. The number of para-hydroxylation sites is 1. The maximum atomic E-state index is 10.8. The van der Waals surface area contributed by atoms with Crippen LogP contribution in [0.3, 0.4) is 0 Å². The van der Waals surface area contributed by atoms with Crippen LogP contribution < -0.4 is 11.1 Å². The summed E-state index contributed by atoms with van der Waals surface area (Å²) in [6.45, 7) is 0.0951. The third kappa shape index (κ3) is 18.2. The van der Waals surface area contributed by atoms with Gasteiger partial charge in [0.15, 0.2) is 5.69 Å². The van der Waals surface area contributed by atoms with E-state index < -0.39 is 26.1 Å². The van der Waals surface area contributed by atoms with Gasteiger partial charge in [-0.1, -0.05) is 29.0 Å². The lowest BCUT2D eigenvalue weighted by molar-refractivity contribution is 0.0996. The number of aromatic nitrogens is 5. The van der Waals surface area contributed by atoms with E-state index in [1.165, 1.54) is 11.3 Å². The number of aromatic amines is 1. The first-order valence-corrected chi connectivity index (χ1v) is 16.4. The van der Waals surface area contributed by atoms with Crippen molar-refractivity contribution in [2.45, 2.75) is 12.8 Å². The second-order valence-corrected chi connectivity index (χ2v) is 12.4. The monoisotopic (exact) mass is 702 g/mol. The molecular formula is C21H29Cl3N10O7S2. The van der Waals surface area contributed by atoms with Crippen LogP contribution in [0.15, 0.2) is 40.9 Å². The highest BCUT2D eigenvalue weighted by atomic mass is 35.5. The Morgan fingerprint density at radius 1 is 0.977 bits per heavy atom. The lowest BCUT2D eigenvalue weighted by Crippen LogP contribution is -2.11. The normalized spacial score (nSPS) is 11.2. The van der Waals surface area contributed by atoms with E-state index in [-0.39, 0.29) is 41.2 Å². The molecule has 0 aliphatic heterocycles. The number of nitrogens with one attached hydrogen (secondary N) is 2. The summed E-state index contributed by atoms with van der Waals surface area (Å²) in [4.78, 5) is 28.5. The second kappa shape index (κ2) is 18.5. The number of rotatable bonds is 12. The van der Waals surface area contributed by atoms with Crippen molar-refractivity contribution in [1.29, 1.82) is 0 Å². The van der Waals surface area contributed by atoms with E-state index in [4.69, 9.17) is 40.5 Å². The number of carbonyl (C=O) groups excluding carboxylic acids is 1. The summed E-state index contributed by atoms with van der Waals surface area (Å²) in [5, 5.41) is 12.3. The lowest BCUT2D eigenvalue weighted by Gasteiger charge is -2.06. The summed E-state index contributed by atoms with van der Waals surface area (Å²) in [6.07, 6.45) is 4.12. The van der Waals surface area contributed by atoms with Crippen LogP contribution in [0.5, 0.6) is 0 Å². The maximum absolute atomic E-state index is 10.8. The van der Waals surface area contributed by atoms with Crippen molar-refractivity contribution >= 4 is 78.4 Å². The van der Waals surface area contributed by atoms with Gasteiger partial charge in [0.25, 0.3) is 26.1 Å². The third-order valence-electron chi connectivity index (χ3n) is 4.02. The molecule has 0 saturated heterocycles. The molecule has 0 aliphatic carbocycles. The highest BCUT2D eigenvalue weighted by Crippen LogP contribution is 2.23. The summed E-state index contributed by atoms with van der Waals surface area (Å²) >= 11 is 17.2.